The first-order chi connectivity index (χ1) is 15.2. The van der Waals surface area contributed by atoms with Crippen LogP contribution >= 0.6 is 0 Å². The number of benzene rings is 3. The zero-order chi connectivity index (χ0) is 21.2. The van der Waals surface area contributed by atoms with Crippen molar-refractivity contribution in [3.8, 4) is 0 Å². The molecule has 3 nitrogen and oxygen atoms in total. The number of carbonyl (C=O) groups is 1. The molecule has 2 heterocycles. The molecular formula is C27H29FN2O. The number of hydrogen-bond acceptors (Lipinski definition) is 2. The van der Waals surface area contributed by atoms with E-state index in [1.54, 1.807) is 12.1 Å². The van der Waals surface area contributed by atoms with Gasteiger partial charge in [-0.1, -0.05) is 54.6 Å². The molecule has 31 heavy (non-hydrogen) atoms. The number of nitrogens with zero attached hydrogens (tertiary/aromatic N) is 2. The van der Waals surface area contributed by atoms with Crippen molar-refractivity contribution in [1.29, 1.82) is 0 Å². The predicted octanol–water partition coefficient (Wildman–Crippen LogP) is 5.03. The molecule has 3 aromatic rings. The van der Waals surface area contributed by atoms with Gasteiger partial charge in [0, 0.05) is 38.6 Å². The molecule has 2 saturated heterocycles. The van der Waals surface area contributed by atoms with Crippen LogP contribution in [0.15, 0.2) is 66.7 Å². The second-order valence-corrected chi connectivity index (χ2v) is 9.00. The van der Waals surface area contributed by atoms with Gasteiger partial charge < -0.3 is 4.90 Å². The first-order valence-electron chi connectivity index (χ1n) is 11.4. The third-order valence-corrected chi connectivity index (χ3v) is 7.03. The zero-order valence-corrected chi connectivity index (χ0v) is 17.8. The molecule has 0 spiro atoms. The first-order valence-corrected chi connectivity index (χ1v) is 11.4. The maximum Gasteiger partial charge on any atom is 0.222 e. The van der Waals surface area contributed by atoms with Crippen LogP contribution < -0.4 is 0 Å². The number of hydrogen-bond donors (Lipinski definition) is 0. The number of likely N-dealkylation sites (tertiary alicyclic amines) is 2. The normalized spacial score (nSPS) is 22.0. The number of halogens is 1. The van der Waals surface area contributed by atoms with Gasteiger partial charge in [-0.05, 0) is 59.2 Å². The third kappa shape index (κ3) is 4.35. The molecule has 5 rings (SSSR count). The number of carbonyl (C=O) groups excluding carboxylic acids is 1. The molecule has 0 saturated carbocycles. The van der Waals surface area contributed by atoms with Crippen LogP contribution in [0.1, 0.15) is 30.4 Å². The second kappa shape index (κ2) is 8.80. The Morgan fingerprint density at radius 3 is 2.71 bits per heavy atom. The molecule has 2 aliphatic heterocycles. The van der Waals surface area contributed by atoms with Crippen molar-refractivity contribution < 1.29 is 9.18 Å². The predicted molar refractivity (Wildman–Crippen MR) is 122 cm³/mol. The summed E-state index contributed by atoms with van der Waals surface area (Å²) in [5.41, 5.74) is 2.34. The van der Waals surface area contributed by atoms with Crippen molar-refractivity contribution in [3.63, 3.8) is 0 Å². The minimum atomic E-state index is -0.206. The Kier molecular flexibility index (Phi) is 5.73. The molecule has 0 bridgehead atoms. The number of rotatable bonds is 5. The summed E-state index contributed by atoms with van der Waals surface area (Å²) in [5.74, 6) is 0.580. The average Bonchev–Trinajstić information content (AvgIpc) is 2.79. The summed E-state index contributed by atoms with van der Waals surface area (Å²) in [5, 5.41) is 2.63. The minimum absolute atomic E-state index is 0.206. The van der Waals surface area contributed by atoms with Crippen LogP contribution in [-0.4, -0.2) is 41.4 Å². The maximum absolute atomic E-state index is 13.5. The summed E-state index contributed by atoms with van der Waals surface area (Å²) >= 11 is 0. The highest BCUT2D eigenvalue weighted by Crippen LogP contribution is 2.32. The Labute approximate surface area is 183 Å². The van der Waals surface area contributed by atoms with Crippen LogP contribution in [0.5, 0.6) is 0 Å². The second-order valence-electron chi connectivity index (χ2n) is 9.00. The molecule has 160 valence electrons. The van der Waals surface area contributed by atoms with E-state index in [1.807, 2.05) is 6.07 Å². The average molecular weight is 417 g/mol. The summed E-state index contributed by atoms with van der Waals surface area (Å²) < 4.78 is 13.5. The molecule has 0 N–H and O–H groups in total. The van der Waals surface area contributed by atoms with Crippen LogP contribution in [-0.2, 0) is 17.8 Å². The van der Waals surface area contributed by atoms with Crippen LogP contribution in [0, 0.1) is 11.7 Å². The van der Waals surface area contributed by atoms with Gasteiger partial charge in [0.1, 0.15) is 5.82 Å². The van der Waals surface area contributed by atoms with Crippen molar-refractivity contribution in [3.05, 3.63) is 83.7 Å². The molecular weight excluding hydrogens is 387 g/mol. The van der Waals surface area contributed by atoms with Crippen molar-refractivity contribution in [1.82, 2.24) is 9.80 Å². The van der Waals surface area contributed by atoms with E-state index in [1.165, 1.54) is 22.4 Å². The molecule has 0 unspecified atom stereocenters. The van der Waals surface area contributed by atoms with Crippen molar-refractivity contribution >= 4 is 16.7 Å². The lowest BCUT2D eigenvalue weighted by atomic mass is 9.83. The summed E-state index contributed by atoms with van der Waals surface area (Å²) in [7, 11) is 0. The topological polar surface area (TPSA) is 23.6 Å². The third-order valence-electron chi connectivity index (χ3n) is 7.03. The van der Waals surface area contributed by atoms with E-state index in [2.05, 4.69) is 52.3 Å². The van der Waals surface area contributed by atoms with E-state index in [-0.39, 0.29) is 11.7 Å². The Balaban J connectivity index is 1.25. The zero-order valence-electron chi connectivity index (χ0n) is 17.8. The largest absolute Gasteiger partial charge is 0.339 e. The van der Waals surface area contributed by atoms with E-state index in [0.717, 1.165) is 38.0 Å². The van der Waals surface area contributed by atoms with E-state index in [0.29, 0.717) is 31.3 Å². The van der Waals surface area contributed by atoms with E-state index in [9.17, 15) is 9.18 Å². The molecule has 2 aliphatic rings. The van der Waals surface area contributed by atoms with Crippen molar-refractivity contribution in [2.45, 2.75) is 38.3 Å². The van der Waals surface area contributed by atoms with Gasteiger partial charge >= 0.3 is 0 Å². The summed E-state index contributed by atoms with van der Waals surface area (Å²) in [6.45, 7) is 3.69. The molecule has 0 aromatic heterocycles. The highest BCUT2D eigenvalue weighted by molar-refractivity contribution is 5.85. The van der Waals surface area contributed by atoms with E-state index < -0.39 is 0 Å². The molecule has 0 aliphatic carbocycles. The van der Waals surface area contributed by atoms with Gasteiger partial charge in [0.15, 0.2) is 0 Å². The van der Waals surface area contributed by atoms with Gasteiger partial charge in [-0.15, -0.1) is 0 Å². The monoisotopic (exact) mass is 416 g/mol. The van der Waals surface area contributed by atoms with Gasteiger partial charge in [0.05, 0.1) is 0 Å². The summed E-state index contributed by atoms with van der Waals surface area (Å²) in [6.07, 6.45) is 3.34. The van der Waals surface area contributed by atoms with Crippen LogP contribution in [0.3, 0.4) is 0 Å². The number of piperidine rings is 2. The fraction of sp³-hybridized carbons (Fsp3) is 0.370. The highest BCUT2D eigenvalue weighted by Gasteiger charge is 2.38. The van der Waals surface area contributed by atoms with Crippen molar-refractivity contribution in [2.75, 3.05) is 19.6 Å². The fourth-order valence-electron chi connectivity index (χ4n) is 5.47. The van der Waals surface area contributed by atoms with E-state index >= 15 is 0 Å². The number of fused-ring (bicyclic) bond motifs is 2. The Hall–Kier alpha value is -2.72. The highest BCUT2D eigenvalue weighted by atomic mass is 19.1. The fourth-order valence-corrected chi connectivity index (χ4v) is 5.47. The number of amides is 1. The minimum Gasteiger partial charge on any atom is -0.339 e. The molecule has 1 amide bonds. The van der Waals surface area contributed by atoms with Crippen LogP contribution in [0.4, 0.5) is 4.39 Å². The summed E-state index contributed by atoms with van der Waals surface area (Å²) in [6, 6.07) is 22.2. The lowest BCUT2D eigenvalue weighted by Gasteiger charge is -2.47. The molecule has 0 radical (unpaired) electrons. The lowest BCUT2D eigenvalue weighted by molar-refractivity contribution is -0.141. The van der Waals surface area contributed by atoms with Gasteiger partial charge in [-0.3, -0.25) is 9.69 Å². The van der Waals surface area contributed by atoms with Crippen LogP contribution in [0.25, 0.3) is 10.8 Å². The summed E-state index contributed by atoms with van der Waals surface area (Å²) in [4.78, 5) is 17.3. The van der Waals surface area contributed by atoms with Crippen LogP contribution in [0.2, 0.25) is 0 Å². The van der Waals surface area contributed by atoms with Crippen molar-refractivity contribution in [2.24, 2.45) is 5.92 Å². The molecule has 3 aromatic carbocycles. The maximum atomic E-state index is 13.5. The Morgan fingerprint density at radius 1 is 0.968 bits per heavy atom. The van der Waals surface area contributed by atoms with E-state index in [4.69, 9.17) is 0 Å². The van der Waals surface area contributed by atoms with Gasteiger partial charge in [0.25, 0.3) is 0 Å². The molecule has 2 atom stereocenters. The Morgan fingerprint density at radius 2 is 1.81 bits per heavy atom. The van der Waals surface area contributed by atoms with Gasteiger partial charge in [-0.25, -0.2) is 4.39 Å². The smallest absolute Gasteiger partial charge is 0.222 e. The standard InChI is InChI=1S/C27H29FN2O/c28-24-9-3-5-20(17-24)13-16-30-26-14-15-29(19-23(26)11-12-27(30)31)18-22-8-4-7-21-6-1-2-10-25(21)22/h1-10,17,23,26H,11-16,18-19H2/t23-,26+/m1/s1. The lowest BCUT2D eigenvalue weighted by Crippen LogP contribution is -2.56. The van der Waals surface area contributed by atoms with Gasteiger partial charge in [0.2, 0.25) is 5.91 Å². The Bertz CT molecular complexity index is 1080. The first kappa shape index (κ1) is 20.2. The quantitative estimate of drug-likeness (QED) is 0.582. The van der Waals surface area contributed by atoms with Gasteiger partial charge in [-0.2, -0.15) is 0 Å². The SMILES string of the molecule is O=C1CC[C@@H]2CN(Cc3cccc4ccccc34)CC[C@@H]2N1CCc1cccc(F)c1. The molecule has 4 heteroatoms. The molecule has 2 fully saturated rings.